The summed E-state index contributed by atoms with van der Waals surface area (Å²) >= 11 is 1.25. The minimum absolute atomic E-state index is 0.151. The topological polar surface area (TPSA) is 125 Å². The van der Waals surface area contributed by atoms with Crippen LogP contribution in [0, 0.1) is 0 Å². The molecule has 2 aliphatic heterocycles. The zero-order valence-corrected chi connectivity index (χ0v) is 22.0. The minimum atomic E-state index is -3.60. The van der Waals surface area contributed by atoms with Crippen molar-refractivity contribution in [2.75, 3.05) is 38.6 Å². The summed E-state index contributed by atoms with van der Waals surface area (Å²) in [5, 5.41) is 5.82. The average Bonchev–Trinajstić information content (AvgIpc) is 3.25. The first kappa shape index (κ1) is 26.1. The van der Waals surface area contributed by atoms with E-state index in [0.717, 1.165) is 29.7 Å². The van der Waals surface area contributed by atoms with Gasteiger partial charge in [-0.2, -0.15) is 4.31 Å². The third-order valence-corrected chi connectivity index (χ3v) is 9.38. The van der Waals surface area contributed by atoms with Crippen molar-refractivity contribution >= 4 is 44.3 Å². The van der Waals surface area contributed by atoms with Crippen LogP contribution in [0.3, 0.4) is 0 Å². The van der Waals surface area contributed by atoms with Gasteiger partial charge in [0, 0.05) is 37.1 Å². The molecular weight excluding hydrogens is 504 g/mol. The highest BCUT2D eigenvalue weighted by Crippen LogP contribution is 2.37. The van der Waals surface area contributed by atoms with Crippen LogP contribution in [-0.2, 0) is 27.7 Å². The van der Waals surface area contributed by atoms with Gasteiger partial charge in [-0.3, -0.25) is 9.59 Å². The van der Waals surface area contributed by atoms with Gasteiger partial charge in [0.25, 0.3) is 11.8 Å². The molecule has 0 atom stereocenters. The molecule has 2 aliphatic rings. The summed E-state index contributed by atoms with van der Waals surface area (Å²) in [5.74, 6) is -0.779. The molecule has 3 amide bonds. The third kappa shape index (κ3) is 5.25. The van der Waals surface area contributed by atoms with Gasteiger partial charge >= 0.3 is 6.09 Å². The molecule has 0 bridgehead atoms. The number of thiophene rings is 1. The number of benzene rings is 1. The van der Waals surface area contributed by atoms with Gasteiger partial charge in [-0.25, -0.2) is 13.2 Å². The second-order valence-electron chi connectivity index (χ2n) is 8.60. The van der Waals surface area contributed by atoms with Crippen molar-refractivity contribution in [3.63, 3.8) is 0 Å². The van der Waals surface area contributed by atoms with Gasteiger partial charge in [-0.05, 0) is 56.0 Å². The van der Waals surface area contributed by atoms with E-state index in [1.165, 1.54) is 47.0 Å². The van der Waals surface area contributed by atoms with E-state index in [-0.39, 0.29) is 23.0 Å². The maximum Gasteiger partial charge on any atom is 0.410 e. The average molecular weight is 535 g/mol. The van der Waals surface area contributed by atoms with Crippen molar-refractivity contribution in [3.05, 3.63) is 45.8 Å². The van der Waals surface area contributed by atoms with Gasteiger partial charge < -0.3 is 20.3 Å². The highest BCUT2D eigenvalue weighted by molar-refractivity contribution is 7.89. The van der Waals surface area contributed by atoms with Crippen molar-refractivity contribution in [1.29, 1.82) is 0 Å². The van der Waals surface area contributed by atoms with Crippen LogP contribution in [0.25, 0.3) is 0 Å². The Kier molecular flexibility index (Phi) is 7.96. The van der Waals surface area contributed by atoms with E-state index in [2.05, 4.69) is 10.6 Å². The third-order valence-electron chi connectivity index (χ3n) is 6.33. The maximum atomic E-state index is 13.0. The second kappa shape index (κ2) is 11.0. The molecule has 0 aliphatic carbocycles. The largest absolute Gasteiger partial charge is 0.450 e. The van der Waals surface area contributed by atoms with E-state index >= 15 is 0 Å². The van der Waals surface area contributed by atoms with Gasteiger partial charge in [0.15, 0.2) is 0 Å². The molecule has 194 valence electrons. The Morgan fingerprint density at radius 2 is 1.72 bits per heavy atom. The molecule has 1 aromatic heterocycles. The number of sulfonamides is 1. The lowest BCUT2D eigenvalue weighted by atomic mass is 10.0. The first-order valence-corrected chi connectivity index (χ1v) is 14.2. The number of hydrogen-bond donors (Lipinski definition) is 2. The molecule has 1 saturated heterocycles. The summed E-state index contributed by atoms with van der Waals surface area (Å²) in [6.07, 6.45) is 2.76. The number of ether oxygens (including phenoxy) is 1. The standard InChI is InChI=1S/C24H30N4O6S2/c1-3-34-24(31)27-14-11-18-19(15-27)35-23(20(18)22(30)25-2)26-21(29)16-7-9-17(10-8-16)36(32,33)28-12-5-4-6-13-28/h7-10H,3-6,11-15H2,1-2H3,(H,25,30)(H,26,29). The zero-order valence-electron chi connectivity index (χ0n) is 20.3. The molecule has 36 heavy (non-hydrogen) atoms. The fourth-order valence-electron chi connectivity index (χ4n) is 4.44. The van der Waals surface area contributed by atoms with Crippen LogP contribution in [-0.4, -0.2) is 68.8 Å². The molecule has 0 unspecified atom stereocenters. The summed E-state index contributed by atoms with van der Waals surface area (Å²) < 4.78 is 32.3. The molecule has 4 rings (SSSR count). The van der Waals surface area contributed by atoms with E-state index in [1.807, 2.05) is 0 Å². The van der Waals surface area contributed by atoms with Gasteiger partial charge in [0.2, 0.25) is 10.0 Å². The molecule has 12 heteroatoms. The van der Waals surface area contributed by atoms with Crippen molar-refractivity contribution in [1.82, 2.24) is 14.5 Å². The molecule has 0 spiro atoms. The van der Waals surface area contributed by atoms with E-state index in [0.29, 0.717) is 43.2 Å². The number of carbonyl (C=O) groups is 3. The van der Waals surface area contributed by atoms with Crippen LogP contribution < -0.4 is 10.6 Å². The predicted octanol–water partition coefficient (Wildman–Crippen LogP) is 3.05. The lowest BCUT2D eigenvalue weighted by Crippen LogP contribution is -2.36. The number of nitrogens with one attached hydrogen (secondary N) is 2. The summed E-state index contributed by atoms with van der Waals surface area (Å²) in [5.41, 5.74) is 1.46. The fraction of sp³-hybridized carbons (Fsp3) is 0.458. The van der Waals surface area contributed by atoms with Crippen LogP contribution in [0.1, 0.15) is 57.3 Å². The Labute approximate surface area is 214 Å². The SMILES string of the molecule is CCOC(=O)N1CCc2c(sc(NC(=O)c3ccc(S(=O)(=O)N4CCCCC4)cc3)c2C(=O)NC)C1. The van der Waals surface area contributed by atoms with E-state index in [9.17, 15) is 22.8 Å². The predicted molar refractivity (Wildman–Crippen MR) is 136 cm³/mol. The fourth-order valence-corrected chi connectivity index (χ4v) is 7.21. The Bertz CT molecular complexity index is 1250. The number of rotatable bonds is 6. The van der Waals surface area contributed by atoms with E-state index in [4.69, 9.17) is 4.74 Å². The number of nitrogens with zero attached hydrogens (tertiary/aromatic N) is 2. The Morgan fingerprint density at radius 1 is 1.03 bits per heavy atom. The van der Waals surface area contributed by atoms with Crippen LogP contribution in [0.4, 0.5) is 9.80 Å². The maximum absolute atomic E-state index is 13.0. The molecule has 0 radical (unpaired) electrons. The molecule has 2 aromatic rings. The van der Waals surface area contributed by atoms with Crippen molar-refractivity contribution in [2.24, 2.45) is 0 Å². The van der Waals surface area contributed by atoms with Gasteiger partial charge in [-0.1, -0.05) is 6.42 Å². The number of piperidine rings is 1. The molecule has 3 heterocycles. The first-order chi connectivity index (χ1) is 17.3. The molecule has 1 fully saturated rings. The number of carbonyl (C=O) groups excluding carboxylic acids is 3. The zero-order chi connectivity index (χ0) is 25.9. The van der Waals surface area contributed by atoms with Gasteiger partial charge in [-0.15, -0.1) is 11.3 Å². The van der Waals surface area contributed by atoms with Crippen molar-refractivity contribution in [3.8, 4) is 0 Å². The Hall–Kier alpha value is -2.96. The Morgan fingerprint density at radius 3 is 2.36 bits per heavy atom. The molecule has 1 aromatic carbocycles. The van der Waals surface area contributed by atoms with E-state index in [1.54, 1.807) is 11.8 Å². The smallest absolute Gasteiger partial charge is 0.410 e. The molecule has 10 nitrogen and oxygen atoms in total. The van der Waals surface area contributed by atoms with Gasteiger partial charge in [0.05, 0.1) is 23.6 Å². The molecular formula is C24H30N4O6S2. The monoisotopic (exact) mass is 534 g/mol. The molecule has 0 saturated carbocycles. The van der Waals surface area contributed by atoms with E-state index < -0.39 is 22.0 Å². The highest BCUT2D eigenvalue weighted by atomic mass is 32.2. The Balaban J connectivity index is 1.54. The van der Waals surface area contributed by atoms with Crippen LogP contribution in [0.5, 0.6) is 0 Å². The minimum Gasteiger partial charge on any atom is -0.450 e. The van der Waals surface area contributed by atoms with Crippen LogP contribution in [0.15, 0.2) is 29.2 Å². The normalized spacial score (nSPS) is 16.2. The van der Waals surface area contributed by atoms with Crippen LogP contribution in [0.2, 0.25) is 0 Å². The van der Waals surface area contributed by atoms with Crippen molar-refractivity contribution in [2.45, 2.75) is 44.0 Å². The second-order valence-corrected chi connectivity index (χ2v) is 11.6. The summed E-state index contributed by atoms with van der Waals surface area (Å²) in [4.78, 5) is 40.4. The summed E-state index contributed by atoms with van der Waals surface area (Å²) in [7, 11) is -2.07. The summed E-state index contributed by atoms with van der Waals surface area (Å²) in [6.45, 7) is 3.72. The van der Waals surface area contributed by atoms with Crippen molar-refractivity contribution < 1.29 is 27.5 Å². The first-order valence-electron chi connectivity index (χ1n) is 12.0. The number of amides is 3. The summed E-state index contributed by atoms with van der Waals surface area (Å²) in [6, 6.07) is 5.83. The van der Waals surface area contributed by atoms with Crippen LogP contribution >= 0.6 is 11.3 Å². The number of anilines is 1. The molecule has 2 N–H and O–H groups in total. The quantitative estimate of drug-likeness (QED) is 0.587. The lowest BCUT2D eigenvalue weighted by Gasteiger charge is -2.26. The lowest BCUT2D eigenvalue weighted by molar-refractivity contribution is 0.0961. The number of fused-ring (bicyclic) bond motifs is 1. The highest BCUT2D eigenvalue weighted by Gasteiger charge is 2.31. The number of hydrogen-bond acceptors (Lipinski definition) is 7. The van der Waals surface area contributed by atoms with Gasteiger partial charge in [0.1, 0.15) is 5.00 Å².